The first-order chi connectivity index (χ1) is 28.7. The van der Waals surface area contributed by atoms with Crippen LogP contribution in [0.25, 0.3) is 95.7 Å². The van der Waals surface area contributed by atoms with E-state index in [-0.39, 0.29) is 0 Å². The van der Waals surface area contributed by atoms with Gasteiger partial charge in [-0.2, -0.15) is 0 Å². The summed E-state index contributed by atoms with van der Waals surface area (Å²) in [5, 5.41) is 7.31. The number of thiophene rings is 2. The molecule has 0 N–H and O–H groups in total. The molecule has 0 bridgehead atoms. The topological polar surface area (TPSA) is 16.4 Å². The molecule has 9 aromatic carbocycles. The van der Waals surface area contributed by atoms with Crippen LogP contribution >= 0.6 is 22.7 Å². The largest absolute Gasteiger partial charge is 0.455 e. The molecule has 58 heavy (non-hydrogen) atoms. The molecular formula is C54H33NOS2. The summed E-state index contributed by atoms with van der Waals surface area (Å²) >= 11 is 3.72. The molecule has 0 aliphatic heterocycles. The first kappa shape index (κ1) is 33.2. The molecule has 12 rings (SSSR count). The Balaban J connectivity index is 1.15. The number of anilines is 3. The number of rotatable bonds is 6. The van der Waals surface area contributed by atoms with Gasteiger partial charge in [-0.1, -0.05) is 133 Å². The van der Waals surface area contributed by atoms with Crippen molar-refractivity contribution in [2.45, 2.75) is 0 Å². The molecule has 12 aromatic rings. The minimum absolute atomic E-state index is 0.878. The van der Waals surface area contributed by atoms with Crippen molar-refractivity contribution in [3.63, 3.8) is 0 Å². The summed E-state index contributed by atoms with van der Waals surface area (Å²) in [7, 11) is 0. The van der Waals surface area contributed by atoms with Gasteiger partial charge in [-0.25, -0.2) is 0 Å². The molecule has 0 amide bonds. The number of para-hydroxylation sites is 1. The Morgan fingerprint density at radius 2 is 0.948 bits per heavy atom. The van der Waals surface area contributed by atoms with Crippen LogP contribution in [0, 0.1) is 0 Å². The highest BCUT2D eigenvalue weighted by atomic mass is 32.1. The smallest absolute Gasteiger partial charge is 0.145 e. The van der Waals surface area contributed by atoms with E-state index in [0.29, 0.717) is 0 Å². The third kappa shape index (κ3) is 5.30. The van der Waals surface area contributed by atoms with E-state index in [4.69, 9.17) is 4.42 Å². The average molecular weight is 776 g/mol. The van der Waals surface area contributed by atoms with E-state index < -0.39 is 0 Å². The second kappa shape index (κ2) is 13.3. The summed E-state index contributed by atoms with van der Waals surface area (Å²) in [4.78, 5) is 2.45. The molecule has 0 unspecified atom stereocenters. The van der Waals surface area contributed by atoms with Crippen LogP contribution in [0.5, 0.6) is 0 Å². The highest BCUT2D eigenvalue weighted by Crippen LogP contribution is 2.50. The molecule has 0 spiro atoms. The summed E-state index contributed by atoms with van der Waals surface area (Å²) in [6.07, 6.45) is 0. The summed E-state index contributed by atoms with van der Waals surface area (Å²) in [6.45, 7) is 0. The van der Waals surface area contributed by atoms with Crippen LogP contribution in [0.4, 0.5) is 17.1 Å². The van der Waals surface area contributed by atoms with Crippen molar-refractivity contribution < 1.29 is 4.42 Å². The predicted molar refractivity (Wildman–Crippen MR) is 250 cm³/mol. The van der Waals surface area contributed by atoms with Crippen molar-refractivity contribution >= 4 is 102 Å². The van der Waals surface area contributed by atoms with E-state index in [1.807, 2.05) is 22.7 Å². The molecule has 0 aliphatic rings. The number of nitrogens with zero attached hydrogens (tertiary/aromatic N) is 1. The summed E-state index contributed by atoms with van der Waals surface area (Å²) < 4.78 is 11.9. The van der Waals surface area contributed by atoms with E-state index >= 15 is 0 Å². The average Bonchev–Trinajstić information content (AvgIpc) is 3.98. The van der Waals surface area contributed by atoms with Crippen molar-refractivity contribution in [2.24, 2.45) is 0 Å². The van der Waals surface area contributed by atoms with Crippen molar-refractivity contribution in [2.75, 3.05) is 4.90 Å². The zero-order valence-corrected chi connectivity index (χ0v) is 32.9. The Morgan fingerprint density at radius 1 is 0.345 bits per heavy atom. The maximum absolute atomic E-state index is 6.82. The monoisotopic (exact) mass is 775 g/mol. The number of hydrogen-bond acceptors (Lipinski definition) is 4. The lowest BCUT2D eigenvalue weighted by atomic mass is 9.94. The molecule has 4 heteroatoms. The van der Waals surface area contributed by atoms with Gasteiger partial charge in [0.15, 0.2) is 0 Å². The fraction of sp³-hybridized carbons (Fsp3) is 0. The molecule has 0 saturated heterocycles. The van der Waals surface area contributed by atoms with Gasteiger partial charge in [-0.3, -0.25) is 0 Å². The summed E-state index contributed by atoms with van der Waals surface area (Å²) in [5.74, 6) is 0. The van der Waals surface area contributed by atoms with Crippen molar-refractivity contribution in [3.8, 4) is 33.4 Å². The molecule has 0 atom stereocenters. The minimum Gasteiger partial charge on any atom is -0.455 e. The second-order valence-electron chi connectivity index (χ2n) is 14.8. The van der Waals surface area contributed by atoms with Gasteiger partial charge in [0.25, 0.3) is 0 Å². The molecule has 3 heterocycles. The standard InChI is InChI=1S/C54H33NOS2/c1-4-14-34(15-5-1)37-30-44(36-18-8-3-9-19-36)52-45-32-38(25-29-49(45)58-51(52)31-37)55(39-24-26-42-41-20-11-13-23-48(41)57-50(42)33-39)46-28-27-40(35-16-6-2-7-17-35)54-53(46)43-21-10-12-22-47(43)56-54/h1-33H. The van der Waals surface area contributed by atoms with E-state index in [1.165, 1.54) is 62.6 Å². The fourth-order valence-electron chi connectivity index (χ4n) is 8.80. The van der Waals surface area contributed by atoms with Gasteiger partial charge in [-0.15, -0.1) is 22.7 Å². The highest BCUT2D eigenvalue weighted by molar-refractivity contribution is 7.26. The lowest BCUT2D eigenvalue weighted by molar-refractivity contribution is 0.670. The van der Waals surface area contributed by atoms with E-state index in [1.54, 1.807) is 0 Å². The second-order valence-corrected chi connectivity index (χ2v) is 17.0. The van der Waals surface area contributed by atoms with Crippen molar-refractivity contribution in [3.05, 3.63) is 200 Å². The molecule has 0 radical (unpaired) electrons. The predicted octanol–water partition coefficient (Wildman–Crippen LogP) is 16.8. The van der Waals surface area contributed by atoms with Crippen LogP contribution in [0.1, 0.15) is 0 Å². The molecule has 0 aliphatic carbocycles. The van der Waals surface area contributed by atoms with Gasteiger partial charge in [-0.05, 0) is 94.5 Å². The molecule has 3 aromatic heterocycles. The SMILES string of the molecule is c1ccc(-c2cc(-c3ccccc3)c3c(c2)sc2ccc(N(c4ccc5c(c4)sc4ccccc45)c4ccc(-c5ccccc5)c5oc6ccccc6c45)cc23)cc1. The number of benzene rings is 9. The molecule has 2 nitrogen and oxygen atoms in total. The van der Waals surface area contributed by atoms with Crippen molar-refractivity contribution in [1.29, 1.82) is 0 Å². The maximum Gasteiger partial charge on any atom is 0.145 e. The molecule has 272 valence electrons. The van der Waals surface area contributed by atoms with Crippen LogP contribution in [0.2, 0.25) is 0 Å². The first-order valence-corrected chi connectivity index (χ1v) is 21.2. The Kier molecular flexibility index (Phi) is 7.62. The van der Waals surface area contributed by atoms with Gasteiger partial charge in [0.05, 0.1) is 11.1 Å². The third-order valence-electron chi connectivity index (χ3n) is 11.5. The van der Waals surface area contributed by atoms with Crippen LogP contribution < -0.4 is 4.90 Å². The zero-order valence-electron chi connectivity index (χ0n) is 31.2. The third-order valence-corrected chi connectivity index (χ3v) is 13.7. The van der Waals surface area contributed by atoms with E-state index in [2.05, 4.69) is 205 Å². The van der Waals surface area contributed by atoms with E-state index in [9.17, 15) is 0 Å². The maximum atomic E-state index is 6.82. The number of furan rings is 1. The van der Waals surface area contributed by atoms with Gasteiger partial charge in [0, 0.05) is 62.7 Å². The van der Waals surface area contributed by atoms with Gasteiger partial charge < -0.3 is 9.32 Å². The normalized spacial score (nSPS) is 11.8. The van der Waals surface area contributed by atoms with E-state index in [0.717, 1.165) is 50.1 Å². The lowest BCUT2D eigenvalue weighted by Gasteiger charge is -2.27. The lowest BCUT2D eigenvalue weighted by Crippen LogP contribution is -2.10. The Labute approximate surface area is 343 Å². The Morgan fingerprint density at radius 3 is 1.74 bits per heavy atom. The fourth-order valence-corrected chi connectivity index (χ4v) is 11.1. The van der Waals surface area contributed by atoms with Crippen molar-refractivity contribution in [1.82, 2.24) is 0 Å². The number of fused-ring (bicyclic) bond motifs is 9. The summed E-state index contributed by atoms with van der Waals surface area (Å²) in [5.41, 5.74) is 12.2. The van der Waals surface area contributed by atoms with Crippen LogP contribution in [-0.2, 0) is 0 Å². The highest BCUT2D eigenvalue weighted by Gasteiger charge is 2.24. The Hall–Kier alpha value is -6.98. The zero-order chi connectivity index (χ0) is 38.2. The van der Waals surface area contributed by atoms with Crippen LogP contribution in [0.15, 0.2) is 205 Å². The number of hydrogen-bond donors (Lipinski definition) is 0. The summed E-state index contributed by atoms with van der Waals surface area (Å²) in [6, 6.07) is 72.6. The molecule has 0 saturated carbocycles. The first-order valence-electron chi connectivity index (χ1n) is 19.6. The van der Waals surface area contributed by atoms with Gasteiger partial charge >= 0.3 is 0 Å². The molecule has 0 fully saturated rings. The Bertz CT molecular complexity index is 3510. The van der Waals surface area contributed by atoms with Crippen LogP contribution in [0.3, 0.4) is 0 Å². The van der Waals surface area contributed by atoms with Crippen LogP contribution in [-0.4, -0.2) is 0 Å². The minimum atomic E-state index is 0.878. The van der Waals surface area contributed by atoms with Gasteiger partial charge in [0.1, 0.15) is 11.2 Å². The van der Waals surface area contributed by atoms with Gasteiger partial charge in [0.2, 0.25) is 0 Å². The molecular weight excluding hydrogens is 743 g/mol. The quantitative estimate of drug-likeness (QED) is 0.167.